The molecule has 1 aromatic carbocycles. The molecule has 0 fully saturated rings. The molecule has 6 heteroatoms. The first-order valence-electron chi connectivity index (χ1n) is 6.52. The van der Waals surface area contributed by atoms with Crippen LogP contribution in [0.4, 0.5) is 5.13 Å². The summed E-state index contributed by atoms with van der Waals surface area (Å²) in [6.45, 7) is 5.36. The summed E-state index contributed by atoms with van der Waals surface area (Å²) in [5.74, 6) is -0.876. The lowest BCUT2D eigenvalue weighted by Gasteiger charge is -2.16. The summed E-state index contributed by atoms with van der Waals surface area (Å²) < 4.78 is 1.03. The molecule has 1 unspecified atom stereocenters. The van der Waals surface area contributed by atoms with Gasteiger partial charge in [0, 0.05) is 9.85 Å². The van der Waals surface area contributed by atoms with Crippen LogP contribution in [0, 0.1) is 0 Å². The van der Waals surface area contributed by atoms with Crippen LogP contribution < -0.4 is 5.32 Å². The third kappa shape index (κ3) is 3.63. The normalized spacial score (nSPS) is 13.0. The third-order valence-electron chi connectivity index (χ3n) is 3.37. The lowest BCUT2D eigenvalue weighted by Crippen LogP contribution is -2.28. The summed E-state index contributed by atoms with van der Waals surface area (Å²) in [7, 11) is 0. The maximum absolute atomic E-state index is 11.3. The van der Waals surface area contributed by atoms with Gasteiger partial charge in [0.15, 0.2) is 5.13 Å². The molecule has 21 heavy (non-hydrogen) atoms. The molecule has 112 valence electrons. The van der Waals surface area contributed by atoms with Gasteiger partial charge in [-0.2, -0.15) is 0 Å². The molecular weight excluding hydrogens is 352 g/mol. The smallest absolute Gasteiger partial charge is 0.315 e. The number of carboxylic acids is 1. The van der Waals surface area contributed by atoms with Crippen LogP contribution in [0.2, 0.25) is 0 Å². The Kier molecular flexibility index (Phi) is 4.68. The van der Waals surface area contributed by atoms with Gasteiger partial charge in [0.2, 0.25) is 0 Å². The molecule has 1 atom stereocenters. The van der Waals surface area contributed by atoms with Crippen molar-refractivity contribution in [3.8, 4) is 0 Å². The van der Waals surface area contributed by atoms with E-state index in [0.717, 1.165) is 15.2 Å². The first-order valence-corrected chi connectivity index (χ1v) is 8.19. The molecule has 0 aliphatic heterocycles. The van der Waals surface area contributed by atoms with Crippen molar-refractivity contribution in [2.45, 2.75) is 32.2 Å². The van der Waals surface area contributed by atoms with Gasteiger partial charge in [-0.15, -0.1) is 11.3 Å². The van der Waals surface area contributed by atoms with Gasteiger partial charge >= 0.3 is 5.97 Å². The van der Waals surface area contributed by atoms with Crippen LogP contribution in [0.3, 0.4) is 0 Å². The zero-order valence-electron chi connectivity index (χ0n) is 12.1. The minimum Gasteiger partial charge on any atom is -0.481 e. The van der Waals surface area contributed by atoms with Crippen LogP contribution in [0.25, 0.3) is 0 Å². The topological polar surface area (TPSA) is 62.2 Å². The molecule has 2 N–H and O–H groups in total. The second-order valence-corrected chi connectivity index (χ2v) is 7.16. The van der Waals surface area contributed by atoms with E-state index in [2.05, 4.69) is 26.2 Å². The highest BCUT2D eigenvalue weighted by Gasteiger charge is 2.32. The Hall–Kier alpha value is -1.40. The first kappa shape index (κ1) is 16.0. The Morgan fingerprint density at radius 3 is 2.81 bits per heavy atom. The van der Waals surface area contributed by atoms with E-state index in [9.17, 15) is 9.90 Å². The van der Waals surface area contributed by atoms with E-state index >= 15 is 0 Å². The predicted octanol–water partition coefficient (Wildman–Crippen LogP) is 4.44. The summed E-state index contributed by atoms with van der Waals surface area (Å²) >= 11 is 4.88. The van der Waals surface area contributed by atoms with Crippen molar-refractivity contribution in [1.29, 1.82) is 0 Å². The molecule has 2 aromatic rings. The van der Waals surface area contributed by atoms with E-state index in [4.69, 9.17) is 0 Å². The second-order valence-electron chi connectivity index (χ2n) is 5.39. The Labute approximate surface area is 136 Å². The number of nitrogens with zero attached hydrogens (tertiary/aromatic N) is 1. The molecule has 1 heterocycles. The summed E-state index contributed by atoms with van der Waals surface area (Å²) in [4.78, 5) is 15.7. The molecule has 0 saturated carbocycles. The number of thiazole rings is 1. The van der Waals surface area contributed by atoms with Gasteiger partial charge < -0.3 is 10.4 Å². The van der Waals surface area contributed by atoms with Crippen LogP contribution in [-0.2, 0) is 10.2 Å². The molecule has 2 rings (SSSR count). The number of aliphatic carboxylic acids is 1. The largest absolute Gasteiger partial charge is 0.481 e. The van der Waals surface area contributed by atoms with E-state index < -0.39 is 11.4 Å². The van der Waals surface area contributed by atoms with Crippen LogP contribution in [-0.4, -0.2) is 16.1 Å². The SMILES string of the molecule is CC(Nc1nc(C(C)(C)C(=O)O)cs1)c1cccc(Br)c1. The van der Waals surface area contributed by atoms with Crippen LogP contribution in [0.15, 0.2) is 34.1 Å². The minimum absolute atomic E-state index is 0.0921. The lowest BCUT2D eigenvalue weighted by atomic mass is 9.90. The van der Waals surface area contributed by atoms with Crippen molar-refractivity contribution in [1.82, 2.24) is 4.98 Å². The predicted molar refractivity (Wildman–Crippen MR) is 89.0 cm³/mol. The molecule has 0 aliphatic carbocycles. The zero-order valence-corrected chi connectivity index (χ0v) is 14.5. The number of halogens is 1. The average Bonchev–Trinajstić information content (AvgIpc) is 2.87. The van der Waals surface area contributed by atoms with Crippen LogP contribution >= 0.6 is 27.3 Å². The number of hydrogen-bond acceptors (Lipinski definition) is 4. The molecular formula is C15H17BrN2O2S. The van der Waals surface area contributed by atoms with Crippen molar-refractivity contribution >= 4 is 38.4 Å². The van der Waals surface area contributed by atoms with Gasteiger partial charge in [0.25, 0.3) is 0 Å². The number of benzene rings is 1. The highest BCUT2D eigenvalue weighted by atomic mass is 79.9. The van der Waals surface area contributed by atoms with Crippen LogP contribution in [0.5, 0.6) is 0 Å². The fourth-order valence-electron chi connectivity index (χ4n) is 1.78. The van der Waals surface area contributed by atoms with Gasteiger partial charge in [-0.3, -0.25) is 4.79 Å². The maximum Gasteiger partial charge on any atom is 0.315 e. The van der Waals surface area contributed by atoms with E-state index in [1.807, 2.05) is 31.2 Å². The zero-order chi connectivity index (χ0) is 15.6. The van der Waals surface area contributed by atoms with E-state index in [0.29, 0.717) is 5.69 Å². The number of carboxylic acid groups (broad SMARTS) is 1. The Morgan fingerprint density at radius 2 is 2.19 bits per heavy atom. The highest BCUT2D eigenvalue weighted by molar-refractivity contribution is 9.10. The minimum atomic E-state index is -0.977. The molecule has 0 aliphatic rings. The molecule has 0 spiro atoms. The first-order chi connectivity index (χ1) is 9.80. The maximum atomic E-state index is 11.3. The molecule has 0 radical (unpaired) electrons. The third-order valence-corrected chi connectivity index (χ3v) is 4.63. The quantitative estimate of drug-likeness (QED) is 0.818. The van der Waals surface area contributed by atoms with Gasteiger partial charge in [-0.1, -0.05) is 28.1 Å². The summed E-state index contributed by atoms with van der Waals surface area (Å²) in [5.41, 5.74) is 0.734. The van der Waals surface area contributed by atoms with Crippen LogP contribution in [0.1, 0.15) is 38.1 Å². The highest BCUT2D eigenvalue weighted by Crippen LogP contribution is 2.29. The Bertz CT molecular complexity index is 655. The Balaban J connectivity index is 2.14. The number of rotatable bonds is 5. The molecule has 0 saturated heterocycles. The van der Waals surface area contributed by atoms with E-state index in [1.54, 1.807) is 19.2 Å². The Morgan fingerprint density at radius 1 is 1.48 bits per heavy atom. The number of nitrogens with one attached hydrogen (secondary N) is 1. The van der Waals surface area contributed by atoms with E-state index in [1.165, 1.54) is 11.3 Å². The van der Waals surface area contributed by atoms with Crippen molar-refractivity contribution in [2.75, 3.05) is 5.32 Å². The second kappa shape index (κ2) is 6.15. The monoisotopic (exact) mass is 368 g/mol. The lowest BCUT2D eigenvalue weighted by molar-refractivity contribution is -0.142. The summed E-state index contributed by atoms with van der Waals surface area (Å²) in [5, 5.41) is 15.1. The molecule has 1 aromatic heterocycles. The summed E-state index contributed by atoms with van der Waals surface area (Å²) in [6, 6.07) is 8.14. The fraction of sp³-hybridized carbons (Fsp3) is 0.333. The average molecular weight is 369 g/mol. The van der Waals surface area contributed by atoms with Crippen molar-refractivity contribution in [3.63, 3.8) is 0 Å². The van der Waals surface area contributed by atoms with E-state index in [-0.39, 0.29) is 6.04 Å². The van der Waals surface area contributed by atoms with Crippen molar-refractivity contribution in [2.24, 2.45) is 0 Å². The van der Waals surface area contributed by atoms with Gasteiger partial charge in [0.1, 0.15) is 5.41 Å². The number of anilines is 1. The van der Waals surface area contributed by atoms with Crippen molar-refractivity contribution in [3.05, 3.63) is 45.4 Å². The van der Waals surface area contributed by atoms with Gasteiger partial charge in [-0.25, -0.2) is 4.98 Å². The number of aromatic nitrogens is 1. The number of hydrogen-bond donors (Lipinski definition) is 2. The van der Waals surface area contributed by atoms with Crippen molar-refractivity contribution < 1.29 is 9.90 Å². The summed E-state index contributed by atoms with van der Waals surface area (Å²) in [6.07, 6.45) is 0. The van der Waals surface area contributed by atoms with Gasteiger partial charge in [0.05, 0.1) is 11.7 Å². The standard InChI is InChI=1S/C15H17BrN2O2S/c1-9(10-5-4-6-11(16)7-10)17-14-18-12(8-21-14)15(2,3)13(19)20/h4-9H,1-3H3,(H,17,18)(H,19,20). The molecule has 4 nitrogen and oxygen atoms in total. The molecule has 0 bridgehead atoms. The fourth-order valence-corrected chi connectivity index (χ4v) is 3.16. The molecule has 0 amide bonds. The number of carbonyl (C=O) groups is 1. The van der Waals surface area contributed by atoms with Gasteiger partial charge in [-0.05, 0) is 38.5 Å².